The molecule has 1 aromatic heterocycles. The highest BCUT2D eigenvalue weighted by Gasteiger charge is 2.20. The summed E-state index contributed by atoms with van der Waals surface area (Å²) in [4.78, 5) is 0.191. The molecule has 0 radical (unpaired) electrons. The molecule has 0 amide bonds. The van der Waals surface area contributed by atoms with Gasteiger partial charge in [0.25, 0.3) is 0 Å². The highest BCUT2D eigenvalue weighted by Crippen LogP contribution is 2.27. The number of H-pyrrole nitrogens is 1. The second-order valence-electron chi connectivity index (χ2n) is 4.41. The molecule has 0 aliphatic rings. The molecule has 0 saturated heterocycles. The number of hydrogen-bond acceptors (Lipinski definition) is 6. The lowest BCUT2D eigenvalue weighted by Crippen LogP contribution is -2.24. The fraction of sp³-hybridized carbons (Fsp3) is 0.364. The molecule has 114 valence electrons. The van der Waals surface area contributed by atoms with Crippen LogP contribution in [0, 0.1) is 6.92 Å². The molecule has 0 spiro atoms. The van der Waals surface area contributed by atoms with Crippen molar-refractivity contribution in [2.24, 2.45) is 0 Å². The van der Waals surface area contributed by atoms with Gasteiger partial charge in [-0.3, -0.25) is 0 Å². The third kappa shape index (κ3) is 3.84. The molecule has 1 aromatic carbocycles. The molecular weight excluding hydrogens is 360 g/mol. The topological polar surface area (TPSA) is 113 Å². The lowest BCUT2D eigenvalue weighted by atomic mass is 10.1. The molecule has 0 fully saturated rings. The Morgan fingerprint density at radius 1 is 1.33 bits per heavy atom. The van der Waals surface area contributed by atoms with Crippen LogP contribution in [0.25, 0.3) is 0 Å². The van der Waals surface area contributed by atoms with Gasteiger partial charge in [0, 0.05) is 11.0 Å². The van der Waals surface area contributed by atoms with Crippen LogP contribution in [0.4, 0.5) is 0 Å². The van der Waals surface area contributed by atoms with Crippen molar-refractivity contribution in [3.8, 4) is 0 Å². The van der Waals surface area contributed by atoms with Gasteiger partial charge in [-0.15, -0.1) is 10.2 Å². The van der Waals surface area contributed by atoms with Gasteiger partial charge in [0.05, 0.1) is 11.4 Å². The number of nitrogens with zero attached hydrogens (tertiary/aromatic N) is 3. The fourth-order valence-electron chi connectivity index (χ4n) is 1.81. The van der Waals surface area contributed by atoms with E-state index in [2.05, 4.69) is 46.6 Å². The van der Waals surface area contributed by atoms with Crippen molar-refractivity contribution < 1.29 is 8.42 Å². The summed E-state index contributed by atoms with van der Waals surface area (Å²) < 4.78 is 27.8. The minimum absolute atomic E-state index is 0.0272. The largest absolute Gasteiger partial charge is 0.316 e. The van der Waals surface area contributed by atoms with Crippen molar-refractivity contribution in [3.63, 3.8) is 0 Å². The number of sulfonamides is 1. The quantitative estimate of drug-likeness (QED) is 0.677. The van der Waals surface area contributed by atoms with E-state index in [9.17, 15) is 8.42 Å². The van der Waals surface area contributed by atoms with Crippen LogP contribution in [0.15, 0.2) is 21.5 Å². The van der Waals surface area contributed by atoms with Crippen molar-refractivity contribution in [2.75, 3.05) is 7.05 Å². The van der Waals surface area contributed by atoms with E-state index in [1.165, 1.54) is 0 Å². The Morgan fingerprint density at radius 3 is 2.71 bits per heavy atom. The molecule has 2 rings (SSSR count). The van der Waals surface area contributed by atoms with Gasteiger partial charge in [-0.05, 0) is 47.1 Å². The zero-order chi connectivity index (χ0) is 15.5. The van der Waals surface area contributed by atoms with Crippen molar-refractivity contribution in [1.29, 1.82) is 0 Å². The van der Waals surface area contributed by atoms with Crippen molar-refractivity contribution in [1.82, 2.24) is 30.7 Å². The standard InChI is InChI=1S/C11H15BrN6O2S/c1-7-3-8(5-13-2)4-9(11(7)12)21(19,20)14-6-10-15-17-18-16-10/h3-4,13-14H,5-6H2,1-2H3,(H,15,16,17,18). The SMILES string of the molecule is CNCc1cc(C)c(Br)c(S(=O)(=O)NCc2nn[nH]n2)c1. The number of rotatable bonds is 6. The molecule has 0 atom stereocenters. The van der Waals surface area contributed by atoms with Crippen LogP contribution < -0.4 is 10.0 Å². The Kier molecular flexibility index (Phi) is 5.04. The Bertz CT molecular complexity index is 717. The summed E-state index contributed by atoms with van der Waals surface area (Å²) in [6.07, 6.45) is 0. The molecule has 10 heteroatoms. The average molecular weight is 375 g/mol. The zero-order valence-electron chi connectivity index (χ0n) is 11.5. The first-order valence-corrected chi connectivity index (χ1v) is 8.37. The number of aryl methyl sites for hydroxylation is 1. The first-order valence-electron chi connectivity index (χ1n) is 6.09. The molecule has 0 aliphatic heterocycles. The molecular formula is C11H15BrN6O2S. The number of benzene rings is 1. The monoisotopic (exact) mass is 374 g/mol. The zero-order valence-corrected chi connectivity index (χ0v) is 13.9. The molecule has 0 bridgehead atoms. The van der Waals surface area contributed by atoms with Crippen LogP contribution in [0.2, 0.25) is 0 Å². The second kappa shape index (κ2) is 6.60. The van der Waals surface area contributed by atoms with Crippen molar-refractivity contribution in [3.05, 3.63) is 33.6 Å². The van der Waals surface area contributed by atoms with Crippen LogP contribution in [0.5, 0.6) is 0 Å². The maximum absolute atomic E-state index is 12.4. The molecule has 0 saturated carbocycles. The number of halogens is 1. The number of aromatic amines is 1. The van der Waals surface area contributed by atoms with E-state index in [0.717, 1.165) is 11.1 Å². The predicted octanol–water partition coefficient (Wildman–Crippen LogP) is 0.469. The minimum atomic E-state index is -3.68. The predicted molar refractivity (Wildman–Crippen MR) is 79.8 cm³/mol. The van der Waals surface area contributed by atoms with Crippen molar-refractivity contribution >= 4 is 26.0 Å². The molecule has 2 aromatic rings. The van der Waals surface area contributed by atoms with E-state index < -0.39 is 10.0 Å². The van der Waals surface area contributed by atoms with Gasteiger partial charge >= 0.3 is 0 Å². The molecule has 8 nitrogen and oxygen atoms in total. The lowest BCUT2D eigenvalue weighted by Gasteiger charge is -2.12. The summed E-state index contributed by atoms with van der Waals surface area (Å²) in [5.74, 6) is 0.276. The van der Waals surface area contributed by atoms with Crippen LogP contribution >= 0.6 is 15.9 Å². The lowest BCUT2D eigenvalue weighted by molar-refractivity contribution is 0.578. The number of tetrazole rings is 1. The third-order valence-corrected chi connectivity index (χ3v) is 5.50. The van der Waals surface area contributed by atoms with Gasteiger partial charge in [-0.25, -0.2) is 13.1 Å². The summed E-state index contributed by atoms with van der Waals surface area (Å²) in [6, 6.07) is 3.56. The fourth-order valence-corrected chi connectivity index (χ4v) is 3.85. The van der Waals surface area contributed by atoms with Crippen LogP contribution in [-0.4, -0.2) is 36.1 Å². The summed E-state index contributed by atoms with van der Waals surface area (Å²) in [5.41, 5.74) is 1.74. The molecule has 0 unspecified atom stereocenters. The highest BCUT2D eigenvalue weighted by atomic mass is 79.9. The van der Waals surface area contributed by atoms with Gasteiger partial charge in [0.2, 0.25) is 10.0 Å². The van der Waals surface area contributed by atoms with E-state index in [0.29, 0.717) is 11.0 Å². The maximum atomic E-state index is 12.4. The van der Waals surface area contributed by atoms with E-state index in [-0.39, 0.29) is 17.3 Å². The summed E-state index contributed by atoms with van der Waals surface area (Å²) >= 11 is 3.33. The Balaban J connectivity index is 2.30. The average Bonchev–Trinajstić information content (AvgIpc) is 2.94. The Morgan fingerprint density at radius 2 is 2.10 bits per heavy atom. The van der Waals surface area contributed by atoms with Crippen molar-refractivity contribution in [2.45, 2.75) is 24.9 Å². The van der Waals surface area contributed by atoms with E-state index in [1.807, 2.05) is 13.0 Å². The molecule has 21 heavy (non-hydrogen) atoms. The van der Waals surface area contributed by atoms with E-state index >= 15 is 0 Å². The highest BCUT2D eigenvalue weighted by molar-refractivity contribution is 9.10. The Hall–Kier alpha value is -1.36. The summed E-state index contributed by atoms with van der Waals surface area (Å²) in [5, 5.41) is 16.1. The number of nitrogens with one attached hydrogen (secondary N) is 3. The van der Waals surface area contributed by atoms with Gasteiger partial charge in [-0.1, -0.05) is 11.3 Å². The van der Waals surface area contributed by atoms with Crippen LogP contribution in [0.3, 0.4) is 0 Å². The van der Waals surface area contributed by atoms with E-state index in [4.69, 9.17) is 0 Å². The first-order chi connectivity index (χ1) is 9.94. The molecule has 1 heterocycles. The number of hydrogen-bond donors (Lipinski definition) is 3. The van der Waals surface area contributed by atoms with Crippen LogP contribution in [-0.2, 0) is 23.1 Å². The summed E-state index contributed by atoms with van der Waals surface area (Å²) in [6.45, 7) is 2.41. The number of aromatic nitrogens is 4. The first kappa shape index (κ1) is 16.0. The van der Waals surface area contributed by atoms with Gasteiger partial charge < -0.3 is 5.32 Å². The van der Waals surface area contributed by atoms with E-state index in [1.54, 1.807) is 13.1 Å². The Labute approximate surface area is 130 Å². The minimum Gasteiger partial charge on any atom is -0.316 e. The van der Waals surface area contributed by atoms with Gasteiger partial charge in [0.15, 0.2) is 5.82 Å². The smallest absolute Gasteiger partial charge is 0.242 e. The molecule has 3 N–H and O–H groups in total. The molecule has 0 aliphatic carbocycles. The normalized spacial score (nSPS) is 11.8. The maximum Gasteiger partial charge on any atom is 0.242 e. The van der Waals surface area contributed by atoms with Gasteiger partial charge in [-0.2, -0.15) is 5.21 Å². The second-order valence-corrected chi connectivity index (χ2v) is 6.94. The third-order valence-electron chi connectivity index (χ3n) is 2.76. The summed E-state index contributed by atoms with van der Waals surface area (Å²) in [7, 11) is -1.87. The van der Waals surface area contributed by atoms with Gasteiger partial charge in [0.1, 0.15) is 0 Å². The van der Waals surface area contributed by atoms with Crippen LogP contribution in [0.1, 0.15) is 17.0 Å².